The normalized spacial score (nSPS) is 11.2. The number of anilines is 1. The molecule has 1 aromatic rings. The molecule has 0 saturated heterocycles. The molecule has 20 heavy (non-hydrogen) atoms. The number of hydrogen-bond acceptors (Lipinski definition) is 5. The van der Waals surface area contributed by atoms with Gasteiger partial charge in [-0.15, -0.1) is 5.10 Å². The Morgan fingerprint density at radius 2 is 1.80 bits per heavy atom. The molecule has 2 N–H and O–H groups in total. The van der Waals surface area contributed by atoms with Gasteiger partial charge in [0, 0.05) is 6.54 Å². The molecule has 0 saturated carbocycles. The van der Waals surface area contributed by atoms with Crippen molar-refractivity contribution in [3.8, 4) is 0 Å². The molecule has 0 aromatic carbocycles. The van der Waals surface area contributed by atoms with Crippen LogP contribution in [0.25, 0.3) is 0 Å². The van der Waals surface area contributed by atoms with Gasteiger partial charge in [0.15, 0.2) is 0 Å². The molecule has 0 unspecified atom stereocenters. The largest absolute Gasteiger partial charge is 0.407 e. The summed E-state index contributed by atoms with van der Waals surface area (Å²) in [5.74, 6) is 1.28. The molecule has 0 bridgehead atoms. The molecule has 0 aliphatic carbocycles. The van der Waals surface area contributed by atoms with Crippen LogP contribution in [0.5, 0.6) is 0 Å². The highest BCUT2D eigenvalue weighted by Gasteiger charge is 2.05. The monoisotopic (exact) mass is 282 g/mol. The summed E-state index contributed by atoms with van der Waals surface area (Å²) in [6.45, 7) is 9.10. The third kappa shape index (κ3) is 8.15. The predicted molar refractivity (Wildman–Crippen MR) is 82.7 cm³/mol. The van der Waals surface area contributed by atoms with E-state index in [4.69, 9.17) is 4.42 Å². The topological polar surface area (TPSA) is 63.0 Å². The second-order valence-electron chi connectivity index (χ2n) is 5.72. The smallest absolute Gasteiger partial charge is 0.315 e. The molecule has 0 atom stereocenters. The summed E-state index contributed by atoms with van der Waals surface area (Å²) >= 11 is 0. The van der Waals surface area contributed by atoms with Crippen LogP contribution in [0, 0.1) is 5.92 Å². The summed E-state index contributed by atoms with van der Waals surface area (Å²) < 4.78 is 5.51. The van der Waals surface area contributed by atoms with Crippen molar-refractivity contribution in [2.24, 2.45) is 5.92 Å². The lowest BCUT2D eigenvalue weighted by Crippen LogP contribution is -2.19. The summed E-state index contributed by atoms with van der Waals surface area (Å²) in [4.78, 5) is 0. The highest BCUT2D eigenvalue weighted by molar-refractivity contribution is 5.16. The first-order valence-corrected chi connectivity index (χ1v) is 7.99. The number of rotatable bonds is 12. The van der Waals surface area contributed by atoms with Gasteiger partial charge in [0.2, 0.25) is 5.89 Å². The summed E-state index contributed by atoms with van der Waals surface area (Å²) in [6, 6.07) is 0.542. The lowest BCUT2D eigenvalue weighted by atomic mass is 10.1. The SMILES string of the molecule is CCCCCCCCNc1nnc(CNCC(C)C)o1. The van der Waals surface area contributed by atoms with Gasteiger partial charge in [-0.1, -0.05) is 58.0 Å². The highest BCUT2D eigenvalue weighted by Crippen LogP contribution is 2.08. The van der Waals surface area contributed by atoms with Gasteiger partial charge >= 0.3 is 6.01 Å². The van der Waals surface area contributed by atoms with Crippen LogP contribution in [0.15, 0.2) is 4.42 Å². The Morgan fingerprint density at radius 1 is 1.05 bits per heavy atom. The first kappa shape index (κ1) is 17.0. The molecule has 0 radical (unpaired) electrons. The first-order chi connectivity index (χ1) is 9.72. The predicted octanol–water partition coefficient (Wildman–Crippen LogP) is 3.59. The number of hydrogen-bond donors (Lipinski definition) is 2. The van der Waals surface area contributed by atoms with Crippen molar-refractivity contribution >= 4 is 6.01 Å². The Kier molecular flexibility index (Phi) is 9.04. The van der Waals surface area contributed by atoms with E-state index in [1.54, 1.807) is 0 Å². The molecule has 1 aromatic heterocycles. The fraction of sp³-hybridized carbons (Fsp3) is 0.867. The van der Waals surface area contributed by atoms with Gasteiger partial charge in [-0.2, -0.15) is 0 Å². The molecule has 0 aliphatic heterocycles. The van der Waals surface area contributed by atoms with Crippen molar-refractivity contribution in [2.75, 3.05) is 18.4 Å². The third-order valence-corrected chi connectivity index (χ3v) is 3.10. The van der Waals surface area contributed by atoms with Crippen LogP contribution >= 0.6 is 0 Å². The van der Waals surface area contributed by atoms with Gasteiger partial charge in [-0.25, -0.2) is 0 Å². The van der Waals surface area contributed by atoms with E-state index >= 15 is 0 Å². The van der Waals surface area contributed by atoms with Gasteiger partial charge in [0.1, 0.15) is 0 Å². The van der Waals surface area contributed by atoms with E-state index in [1.165, 1.54) is 32.1 Å². The minimum atomic E-state index is 0.542. The van der Waals surface area contributed by atoms with Gasteiger partial charge in [0.25, 0.3) is 0 Å². The highest BCUT2D eigenvalue weighted by atomic mass is 16.4. The van der Waals surface area contributed by atoms with Crippen LogP contribution in [0.4, 0.5) is 6.01 Å². The van der Waals surface area contributed by atoms with E-state index in [2.05, 4.69) is 41.6 Å². The summed E-state index contributed by atoms with van der Waals surface area (Å²) in [5.41, 5.74) is 0. The van der Waals surface area contributed by atoms with E-state index < -0.39 is 0 Å². The van der Waals surface area contributed by atoms with Crippen molar-refractivity contribution in [3.63, 3.8) is 0 Å². The first-order valence-electron chi connectivity index (χ1n) is 7.99. The van der Waals surface area contributed by atoms with E-state index in [0.717, 1.165) is 19.5 Å². The molecule has 1 heterocycles. The Labute approximate surface area is 122 Å². The maximum absolute atomic E-state index is 5.51. The molecule has 116 valence electrons. The number of unbranched alkanes of at least 4 members (excludes halogenated alkanes) is 5. The summed E-state index contributed by atoms with van der Waals surface area (Å²) in [5, 5.41) is 14.5. The number of nitrogens with zero attached hydrogens (tertiary/aromatic N) is 2. The van der Waals surface area contributed by atoms with Crippen LogP contribution < -0.4 is 10.6 Å². The number of nitrogens with one attached hydrogen (secondary N) is 2. The second kappa shape index (κ2) is 10.7. The maximum Gasteiger partial charge on any atom is 0.315 e. The minimum absolute atomic E-state index is 0.542. The average Bonchev–Trinajstić information content (AvgIpc) is 2.85. The second-order valence-corrected chi connectivity index (χ2v) is 5.72. The van der Waals surface area contributed by atoms with Crippen molar-refractivity contribution in [1.82, 2.24) is 15.5 Å². The zero-order valence-electron chi connectivity index (χ0n) is 13.2. The fourth-order valence-electron chi connectivity index (χ4n) is 1.96. The van der Waals surface area contributed by atoms with E-state index in [9.17, 15) is 0 Å². The van der Waals surface area contributed by atoms with Gasteiger partial charge in [0.05, 0.1) is 6.54 Å². The summed E-state index contributed by atoms with van der Waals surface area (Å²) in [7, 11) is 0. The molecule has 0 spiro atoms. The minimum Gasteiger partial charge on any atom is -0.407 e. The van der Waals surface area contributed by atoms with Crippen LogP contribution in [0.1, 0.15) is 65.2 Å². The Bertz CT molecular complexity index is 338. The van der Waals surface area contributed by atoms with Gasteiger partial charge in [-0.05, 0) is 18.9 Å². The van der Waals surface area contributed by atoms with Crippen LogP contribution in [0.3, 0.4) is 0 Å². The third-order valence-electron chi connectivity index (χ3n) is 3.10. The maximum atomic E-state index is 5.51. The van der Waals surface area contributed by atoms with E-state index in [0.29, 0.717) is 24.4 Å². The molecule has 5 heteroatoms. The van der Waals surface area contributed by atoms with Crippen LogP contribution in [0.2, 0.25) is 0 Å². The molecule has 0 aliphatic rings. The molecule has 0 amide bonds. The van der Waals surface area contributed by atoms with Crippen molar-refractivity contribution in [1.29, 1.82) is 0 Å². The molecule has 0 fully saturated rings. The van der Waals surface area contributed by atoms with Crippen molar-refractivity contribution in [2.45, 2.75) is 65.8 Å². The zero-order chi connectivity index (χ0) is 14.6. The lowest BCUT2D eigenvalue weighted by molar-refractivity contribution is 0.458. The quantitative estimate of drug-likeness (QED) is 0.574. The number of aromatic nitrogens is 2. The van der Waals surface area contributed by atoms with Crippen molar-refractivity contribution in [3.05, 3.63) is 5.89 Å². The molecular weight excluding hydrogens is 252 g/mol. The fourth-order valence-corrected chi connectivity index (χ4v) is 1.96. The van der Waals surface area contributed by atoms with Crippen molar-refractivity contribution < 1.29 is 4.42 Å². The van der Waals surface area contributed by atoms with Crippen LogP contribution in [-0.4, -0.2) is 23.3 Å². The van der Waals surface area contributed by atoms with E-state index in [-0.39, 0.29) is 0 Å². The molecular formula is C15H30N4O. The molecule has 1 rings (SSSR count). The van der Waals surface area contributed by atoms with E-state index in [1.807, 2.05) is 0 Å². The van der Waals surface area contributed by atoms with Gasteiger partial charge < -0.3 is 15.1 Å². The van der Waals surface area contributed by atoms with Crippen LogP contribution in [-0.2, 0) is 6.54 Å². The average molecular weight is 282 g/mol. The Hall–Kier alpha value is -1.10. The van der Waals surface area contributed by atoms with Gasteiger partial charge in [-0.3, -0.25) is 0 Å². The Balaban J connectivity index is 2.05. The Morgan fingerprint density at radius 3 is 2.55 bits per heavy atom. The standard InChI is InChI=1S/C15H30N4O/c1-4-5-6-7-8-9-10-17-15-19-18-14(20-15)12-16-11-13(2)3/h13,16H,4-12H2,1-3H3,(H,17,19). The summed E-state index contributed by atoms with van der Waals surface area (Å²) in [6.07, 6.45) is 7.75. The zero-order valence-corrected chi connectivity index (χ0v) is 13.2. The molecule has 5 nitrogen and oxygen atoms in total. The lowest BCUT2D eigenvalue weighted by Gasteiger charge is -2.04.